The molecule has 0 spiro atoms. The molecule has 0 aliphatic carbocycles. The van der Waals surface area contributed by atoms with Gasteiger partial charge in [0.15, 0.2) is 0 Å². The summed E-state index contributed by atoms with van der Waals surface area (Å²) in [5.74, 6) is 0.898. The molecule has 2 fully saturated rings. The molecule has 2 rings (SSSR count). The fourth-order valence-corrected chi connectivity index (χ4v) is 4.98. The van der Waals surface area contributed by atoms with E-state index in [2.05, 4.69) is 30.8 Å². The van der Waals surface area contributed by atoms with Crippen LogP contribution in [0.25, 0.3) is 0 Å². The zero-order valence-electron chi connectivity index (χ0n) is 13.4. The minimum Gasteiger partial charge on any atom is -0.317 e. The number of rotatable bonds is 4. The van der Waals surface area contributed by atoms with Crippen molar-refractivity contribution in [3.63, 3.8) is 0 Å². The van der Waals surface area contributed by atoms with Crippen LogP contribution in [0.15, 0.2) is 0 Å². The fourth-order valence-electron chi connectivity index (χ4n) is 3.37. The van der Waals surface area contributed by atoms with Crippen LogP contribution in [0.1, 0.15) is 40.0 Å². The lowest BCUT2D eigenvalue weighted by Crippen LogP contribution is -2.51. The average molecular weight is 340 g/mol. The summed E-state index contributed by atoms with van der Waals surface area (Å²) in [6.45, 7) is 10.3. The quantitative estimate of drug-likeness (QED) is 0.818. The number of nitrogens with one attached hydrogen (secondary N) is 2. The Morgan fingerprint density at radius 1 is 1.19 bits per heavy atom. The molecule has 2 atom stereocenters. The number of hydrogen-bond donors (Lipinski definition) is 2. The Morgan fingerprint density at radius 2 is 1.71 bits per heavy atom. The predicted octanol–water partition coefficient (Wildman–Crippen LogP) is 1.61. The zero-order valence-corrected chi connectivity index (χ0v) is 15.0. The van der Waals surface area contributed by atoms with Crippen molar-refractivity contribution in [2.45, 2.75) is 40.0 Å². The van der Waals surface area contributed by atoms with E-state index in [4.69, 9.17) is 0 Å². The van der Waals surface area contributed by atoms with Crippen molar-refractivity contribution < 1.29 is 8.42 Å². The second kappa shape index (κ2) is 7.59. The largest absolute Gasteiger partial charge is 0.317 e. The second-order valence-corrected chi connectivity index (χ2v) is 8.91. The molecule has 2 N–H and O–H groups in total. The summed E-state index contributed by atoms with van der Waals surface area (Å²) in [7, 11) is -3.32. The van der Waals surface area contributed by atoms with E-state index in [9.17, 15) is 8.42 Å². The molecule has 0 aromatic heterocycles. The minimum absolute atomic E-state index is 0. The molecule has 126 valence electrons. The summed E-state index contributed by atoms with van der Waals surface area (Å²) in [6.07, 6.45) is 3.18. The Balaban J connectivity index is 0.00000220. The van der Waals surface area contributed by atoms with Gasteiger partial charge >= 0.3 is 0 Å². The van der Waals surface area contributed by atoms with Gasteiger partial charge in [-0.15, -0.1) is 12.4 Å². The minimum atomic E-state index is -3.32. The summed E-state index contributed by atoms with van der Waals surface area (Å²) in [5.41, 5.74) is 0.0886. The van der Waals surface area contributed by atoms with Gasteiger partial charge in [-0.1, -0.05) is 20.8 Å². The Kier molecular flexibility index (Phi) is 6.93. The molecule has 0 aromatic rings. The topological polar surface area (TPSA) is 61.4 Å². The van der Waals surface area contributed by atoms with Crippen LogP contribution >= 0.6 is 12.4 Å². The smallest absolute Gasteiger partial charge is 0.279 e. The third kappa shape index (κ3) is 5.36. The zero-order chi connectivity index (χ0) is 14.8. The lowest BCUT2D eigenvalue weighted by molar-refractivity contribution is 0.210. The van der Waals surface area contributed by atoms with Crippen LogP contribution in [0.4, 0.5) is 0 Å². The van der Waals surface area contributed by atoms with Gasteiger partial charge in [0, 0.05) is 19.6 Å². The highest BCUT2D eigenvalue weighted by molar-refractivity contribution is 7.87. The molecule has 0 bridgehead atoms. The molecule has 0 aromatic carbocycles. The highest BCUT2D eigenvalue weighted by atomic mass is 35.5. The first-order chi connectivity index (χ1) is 9.31. The van der Waals surface area contributed by atoms with E-state index in [1.165, 1.54) is 0 Å². The molecule has 2 saturated heterocycles. The standard InChI is InChI=1S/C14H29N3O2S.ClH/c1-12-8-13(2)10-17(9-12)20(18,19)16-11-14(3)4-6-15-7-5-14;/h12-13,15-16H,4-11H2,1-3H3;1H. The van der Waals surface area contributed by atoms with Crippen molar-refractivity contribution >= 4 is 22.6 Å². The molecule has 5 nitrogen and oxygen atoms in total. The van der Waals surface area contributed by atoms with Gasteiger partial charge in [-0.3, -0.25) is 0 Å². The molecular weight excluding hydrogens is 310 g/mol. The SMILES string of the molecule is CC1CC(C)CN(S(=O)(=O)NCC2(C)CCNCC2)C1.Cl. The van der Waals surface area contributed by atoms with Gasteiger partial charge < -0.3 is 5.32 Å². The Hall–Kier alpha value is 0.120. The van der Waals surface area contributed by atoms with Crippen LogP contribution in [0.2, 0.25) is 0 Å². The van der Waals surface area contributed by atoms with E-state index >= 15 is 0 Å². The molecule has 2 heterocycles. The van der Waals surface area contributed by atoms with Gasteiger partial charge in [-0.25, -0.2) is 4.72 Å². The normalized spacial score (nSPS) is 30.6. The van der Waals surface area contributed by atoms with Crippen molar-refractivity contribution in [2.75, 3.05) is 32.7 Å². The van der Waals surface area contributed by atoms with Crippen molar-refractivity contribution in [1.29, 1.82) is 0 Å². The third-order valence-corrected chi connectivity index (χ3v) is 6.15. The first kappa shape index (κ1) is 19.2. The van der Waals surface area contributed by atoms with Gasteiger partial charge in [-0.2, -0.15) is 12.7 Å². The van der Waals surface area contributed by atoms with E-state index in [-0.39, 0.29) is 17.8 Å². The first-order valence-electron chi connectivity index (χ1n) is 7.76. The van der Waals surface area contributed by atoms with Crippen LogP contribution in [-0.4, -0.2) is 45.4 Å². The van der Waals surface area contributed by atoms with E-state index in [1.54, 1.807) is 4.31 Å². The number of nitrogens with zero attached hydrogens (tertiary/aromatic N) is 1. The van der Waals surface area contributed by atoms with Gasteiger partial charge in [0.05, 0.1) is 0 Å². The monoisotopic (exact) mass is 339 g/mol. The molecule has 0 amide bonds. The van der Waals surface area contributed by atoms with E-state index in [0.29, 0.717) is 31.5 Å². The van der Waals surface area contributed by atoms with Crippen LogP contribution in [-0.2, 0) is 10.2 Å². The summed E-state index contributed by atoms with van der Waals surface area (Å²) >= 11 is 0. The predicted molar refractivity (Wildman–Crippen MR) is 88.9 cm³/mol. The lowest BCUT2D eigenvalue weighted by atomic mass is 9.81. The van der Waals surface area contributed by atoms with Crippen LogP contribution < -0.4 is 10.0 Å². The second-order valence-electron chi connectivity index (χ2n) is 7.15. The van der Waals surface area contributed by atoms with Gasteiger partial charge in [0.25, 0.3) is 10.2 Å². The third-order valence-electron chi connectivity index (χ3n) is 4.67. The number of piperidine rings is 2. The maximum atomic E-state index is 12.5. The maximum absolute atomic E-state index is 12.5. The molecule has 2 aliphatic rings. The first-order valence-corrected chi connectivity index (χ1v) is 9.20. The Morgan fingerprint density at radius 3 is 2.24 bits per heavy atom. The van der Waals surface area contributed by atoms with Crippen molar-refractivity contribution in [2.24, 2.45) is 17.3 Å². The summed E-state index contributed by atoms with van der Waals surface area (Å²) < 4.78 is 29.4. The average Bonchev–Trinajstić information content (AvgIpc) is 2.37. The molecule has 0 saturated carbocycles. The summed E-state index contributed by atoms with van der Waals surface area (Å²) in [6, 6.07) is 0. The van der Waals surface area contributed by atoms with Gasteiger partial charge in [0.2, 0.25) is 0 Å². The molecule has 2 aliphatic heterocycles. The number of halogens is 1. The molecule has 7 heteroatoms. The van der Waals surface area contributed by atoms with Crippen molar-refractivity contribution in [3.8, 4) is 0 Å². The Labute approximate surface area is 135 Å². The fraction of sp³-hybridized carbons (Fsp3) is 1.00. The number of hydrogen-bond acceptors (Lipinski definition) is 3. The van der Waals surface area contributed by atoms with Gasteiger partial charge in [0.1, 0.15) is 0 Å². The van der Waals surface area contributed by atoms with Crippen LogP contribution in [0.3, 0.4) is 0 Å². The highest BCUT2D eigenvalue weighted by Gasteiger charge is 2.33. The summed E-state index contributed by atoms with van der Waals surface area (Å²) in [5, 5.41) is 3.32. The molecule has 2 unspecified atom stereocenters. The molecule has 0 radical (unpaired) electrons. The van der Waals surface area contributed by atoms with Crippen LogP contribution in [0, 0.1) is 17.3 Å². The maximum Gasteiger partial charge on any atom is 0.279 e. The van der Waals surface area contributed by atoms with Crippen LogP contribution in [0.5, 0.6) is 0 Å². The lowest BCUT2D eigenvalue weighted by Gasteiger charge is -2.37. The molecular formula is C14H30ClN3O2S. The van der Waals surface area contributed by atoms with E-state index < -0.39 is 10.2 Å². The molecule has 21 heavy (non-hydrogen) atoms. The van der Waals surface area contributed by atoms with E-state index in [0.717, 1.165) is 32.4 Å². The van der Waals surface area contributed by atoms with Crippen molar-refractivity contribution in [3.05, 3.63) is 0 Å². The highest BCUT2D eigenvalue weighted by Crippen LogP contribution is 2.28. The van der Waals surface area contributed by atoms with Gasteiger partial charge in [-0.05, 0) is 49.6 Å². The Bertz CT molecular complexity index is 414. The van der Waals surface area contributed by atoms with Crippen molar-refractivity contribution in [1.82, 2.24) is 14.3 Å². The van der Waals surface area contributed by atoms with E-state index in [1.807, 2.05) is 0 Å². The summed E-state index contributed by atoms with van der Waals surface area (Å²) in [4.78, 5) is 0.